The van der Waals surface area contributed by atoms with Gasteiger partial charge in [0.05, 0.1) is 12.4 Å². The van der Waals surface area contributed by atoms with Crippen LogP contribution in [-0.2, 0) is 16.1 Å². The normalized spacial score (nSPS) is 27.1. The van der Waals surface area contributed by atoms with Crippen molar-refractivity contribution < 1.29 is 9.53 Å². The Balaban J connectivity index is 1.78. The molecule has 3 N–H and O–H groups in total. The number of aromatic nitrogens is 2. The predicted octanol–water partition coefficient (Wildman–Crippen LogP) is 0.922. The van der Waals surface area contributed by atoms with Crippen molar-refractivity contribution in [1.82, 2.24) is 14.9 Å². The molecular weight excluding hydrogens is 268 g/mol. The van der Waals surface area contributed by atoms with Gasteiger partial charge in [0.1, 0.15) is 5.54 Å². The van der Waals surface area contributed by atoms with E-state index in [2.05, 4.69) is 10.3 Å². The Hall–Kier alpha value is -1.40. The second-order valence-corrected chi connectivity index (χ2v) is 6.25. The van der Waals surface area contributed by atoms with Crippen molar-refractivity contribution in [2.45, 2.75) is 51.8 Å². The SMILES string of the molecule is CCOC1CC(N)(C(=O)NCCCn2ccnc2)C1(C)C. The largest absolute Gasteiger partial charge is 0.378 e. The van der Waals surface area contributed by atoms with Gasteiger partial charge in [0.15, 0.2) is 0 Å². The van der Waals surface area contributed by atoms with E-state index in [1.807, 2.05) is 31.5 Å². The van der Waals surface area contributed by atoms with Crippen molar-refractivity contribution in [3.63, 3.8) is 0 Å². The van der Waals surface area contributed by atoms with E-state index >= 15 is 0 Å². The van der Waals surface area contributed by atoms with Crippen LogP contribution in [0.2, 0.25) is 0 Å². The highest BCUT2D eigenvalue weighted by Crippen LogP contribution is 2.49. The van der Waals surface area contributed by atoms with E-state index in [1.54, 1.807) is 12.5 Å². The van der Waals surface area contributed by atoms with E-state index in [4.69, 9.17) is 10.5 Å². The lowest BCUT2D eigenvalue weighted by Gasteiger charge is -2.57. The molecule has 0 aromatic carbocycles. The fourth-order valence-corrected chi connectivity index (χ4v) is 2.86. The molecule has 1 aromatic rings. The van der Waals surface area contributed by atoms with Crippen molar-refractivity contribution in [2.24, 2.45) is 11.1 Å². The molecule has 2 unspecified atom stereocenters. The zero-order valence-electron chi connectivity index (χ0n) is 13.1. The highest BCUT2D eigenvalue weighted by atomic mass is 16.5. The maximum Gasteiger partial charge on any atom is 0.240 e. The number of carbonyl (C=O) groups excluding carboxylic acids is 1. The molecule has 1 heterocycles. The van der Waals surface area contributed by atoms with Crippen molar-refractivity contribution in [3.05, 3.63) is 18.7 Å². The highest BCUT2D eigenvalue weighted by molar-refractivity contribution is 5.88. The smallest absolute Gasteiger partial charge is 0.240 e. The zero-order valence-corrected chi connectivity index (χ0v) is 13.1. The fraction of sp³-hybridized carbons (Fsp3) is 0.733. The maximum absolute atomic E-state index is 12.4. The molecule has 21 heavy (non-hydrogen) atoms. The van der Waals surface area contributed by atoms with Crippen molar-refractivity contribution >= 4 is 5.91 Å². The molecule has 0 saturated heterocycles. The van der Waals surface area contributed by atoms with Crippen molar-refractivity contribution in [1.29, 1.82) is 0 Å². The molecule has 0 bridgehead atoms. The third-order valence-corrected chi connectivity index (χ3v) is 4.67. The van der Waals surface area contributed by atoms with E-state index in [0.29, 0.717) is 19.6 Å². The Morgan fingerprint density at radius 3 is 2.90 bits per heavy atom. The topological polar surface area (TPSA) is 82.2 Å². The minimum atomic E-state index is -0.832. The summed E-state index contributed by atoms with van der Waals surface area (Å²) in [5.41, 5.74) is 5.15. The average Bonchev–Trinajstić information content (AvgIpc) is 2.96. The van der Waals surface area contributed by atoms with E-state index in [0.717, 1.165) is 13.0 Å². The van der Waals surface area contributed by atoms with E-state index in [1.165, 1.54) is 0 Å². The lowest BCUT2D eigenvalue weighted by atomic mass is 9.54. The molecule has 1 aliphatic rings. The number of nitrogens with one attached hydrogen (secondary N) is 1. The second-order valence-electron chi connectivity index (χ2n) is 6.25. The molecule has 2 rings (SSSR count). The number of amides is 1. The number of imidazole rings is 1. The zero-order chi connectivity index (χ0) is 15.5. The molecule has 1 fully saturated rings. The number of nitrogens with two attached hydrogens (primary N) is 1. The van der Waals surface area contributed by atoms with Gasteiger partial charge in [-0.3, -0.25) is 4.79 Å². The van der Waals surface area contributed by atoms with Crippen LogP contribution in [0.15, 0.2) is 18.7 Å². The summed E-state index contributed by atoms with van der Waals surface area (Å²) >= 11 is 0. The molecule has 0 spiro atoms. The molecular formula is C15H26N4O2. The standard InChI is InChI=1S/C15H26N4O2/c1-4-21-12-10-15(16,14(12,2)3)13(20)18-6-5-8-19-9-7-17-11-19/h7,9,11-12H,4-6,8,10,16H2,1-3H3,(H,18,20). The lowest BCUT2D eigenvalue weighted by molar-refractivity contribution is -0.170. The van der Waals surface area contributed by atoms with E-state index in [-0.39, 0.29) is 17.4 Å². The first-order chi connectivity index (χ1) is 9.91. The van der Waals surface area contributed by atoms with Crippen LogP contribution < -0.4 is 11.1 Å². The molecule has 2 atom stereocenters. The summed E-state index contributed by atoms with van der Waals surface area (Å²) in [6, 6.07) is 0. The van der Waals surface area contributed by atoms with Crippen LogP contribution >= 0.6 is 0 Å². The van der Waals surface area contributed by atoms with Crippen LogP contribution in [0.4, 0.5) is 0 Å². The highest BCUT2D eigenvalue weighted by Gasteiger charge is 2.62. The first-order valence-corrected chi connectivity index (χ1v) is 7.56. The number of rotatable bonds is 7. The van der Waals surface area contributed by atoms with Gasteiger partial charge in [0.2, 0.25) is 5.91 Å². The first-order valence-electron chi connectivity index (χ1n) is 7.56. The number of ether oxygens (including phenoxy) is 1. The summed E-state index contributed by atoms with van der Waals surface area (Å²) < 4.78 is 7.63. The number of hydrogen-bond acceptors (Lipinski definition) is 4. The van der Waals surface area contributed by atoms with E-state index in [9.17, 15) is 4.79 Å². The molecule has 0 radical (unpaired) electrons. The van der Waals surface area contributed by atoms with E-state index < -0.39 is 5.54 Å². The molecule has 1 aromatic heterocycles. The molecule has 6 nitrogen and oxygen atoms in total. The van der Waals surface area contributed by atoms with Gasteiger partial charge >= 0.3 is 0 Å². The Morgan fingerprint density at radius 2 is 2.33 bits per heavy atom. The molecule has 6 heteroatoms. The average molecular weight is 294 g/mol. The molecule has 1 saturated carbocycles. The minimum absolute atomic E-state index is 0.0594. The number of nitrogens with zero attached hydrogens (tertiary/aromatic N) is 2. The van der Waals surface area contributed by atoms with Gasteiger partial charge in [-0.15, -0.1) is 0 Å². The Kier molecular flexibility index (Phi) is 4.68. The van der Waals surface area contributed by atoms with Crippen LogP contribution in [0.1, 0.15) is 33.6 Å². The van der Waals surface area contributed by atoms with Gasteiger partial charge in [-0.25, -0.2) is 4.98 Å². The van der Waals surface area contributed by atoms with Crippen molar-refractivity contribution in [2.75, 3.05) is 13.2 Å². The van der Waals surface area contributed by atoms with Crippen LogP contribution in [0.25, 0.3) is 0 Å². The van der Waals surface area contributed by atoms with Crippen LogP contribution in [-0.4, -0.2) is 40.3 Å². The second kappa shape index (κ2) is 6.15. The fourth-order valence-electron chi connectivity index (χ4n) is 2.86. The Morgan fingerprint density at radius 1 is 1.57 bits per heavy atom. The van der Waals surface area contributed by atoms with Gasteiger partial charge in [-0.1, -0.05) is 13.8 Å². The number of carbonyl (C=O) groups is 1. The van der Waals surface area contributed by atoms with Gasteiger partial charge in [0, 0.05) is 43.9 Å². The third-order valence-electron chi connectivity index (χ3n) is 4.67. The summed E-state index contributed by atoms with van der Waals surface area (Å²) in [5.74, 6) is -0.0749. The van der Waals surface area contributed by atoms with Crippen LogP contribution in [0.3, 0.4) is 0 Å². The molecule has 1 aliphatic carbocycles. The van der Waals surface area contributed by atoms with Crippen LogP contribution in [0, 0.1) is 5.41 Å². The van der Waals surface area contributed by atoms with Crippen LogP contribution in [0.5, 0.6) is 0 Å². The van der Waals surface area contributed by atoms with Gasteiger partial charge in [-0.05, 0) is 13.3 Å². The minimum Gasteiger partial charge on any atom is -0.378 e. The lowest BCUT2D eigenvalue weighted by Crippen LogP contribution is -2.75. The van der Waals surface area contributed by atoms with Gasteiger partial charge in [0.25, 0.3) is 0 Å². The summed E-state index contributed by atoms with van der Waals surface area (Å²) in [7, 11) is 0. The Labute approximate surface area is 126 Å². The van der Waals surface area contributed by atoms with Gasteiger partial charge in [-0.2, -0.15) is 0 Å². The summed E-state index contributed by atoms with van der Waals surface area (Å²) in [4.78, 5) is 16.3. The number of aryl methyl sites for hydroxylation is 1. The summed E-state index contributed by atoms with van der Waals surface area (Å²) in [6.07, 6.45) is 6.93. The maximum atomic E-state index is 12.4. The number of hydrogen-bond donors (Lipinski definition) is 2. The third kappa shape index (κ3) is 2.96. The monoisotopic (exact) mass is 294 g/mol. The predicted molar refractivity (Wildman–Crippen MR) is 80.6 cm³/mol. The Bertz CT molecular complexity index is 472. The van der Waals surface area contributed by atoms with Crippen molar-refractivity contribution in [3.8, 4) is 0 Å². The summed E-state index contributed by atoms with van der Waals surface area (Å²) in [6.45, 7) is 8.07. The first kappa shape index (κ1) is 16.0. The quantitative estimate of drug-likeness (QED) is 0.733. The van der Waals surface area contributed by atoms with Gasteiger partial charge < -0.3 is 20.4 Å². The molecule has 0 aliphatic heterocycles. The summed E-state index contributed by atoms with van der Waals surface area (Å²) in [5, 5.41) is 2.95. The molecule has 1 amide bonds. The molecule has 118 valence electrons.